The molecule has 7 heteroatoms. The van der Waals surface area contributed by atoms with Crippen LogP contribution in [-0.2, 0) is 14.3 Å². The summed E-state index contributed by atoms with van der Waals surface area (Å²) >= 11 is 7.39. The summed E-state index contributed by atoms with van der Waals surface area (Å²) in [4.78, 5) is 24.2. The molecule has 0 aromatic heterocycles. The zero-order chi connectivity index (χ0) is 18.8. The lowest BCUT2D eigenvalue weighted by atomic mass is 10.2. The van der Waals surface area contributed by atoms with Gasteiger partial charge in [0.1, 0.15) is 5.82 Å². The molecular formula is C19H17ClFNO3S. The molecule has 0 spiro atoms. The Morgan fingerprint density at radius 3 is 2.50 bits per heavy atom. The van der Waals surface area contributed by atoms with Crippen molar-refractivity contribution in [3.8, 4) is 0 Å². The van der Waals surface area contributed by atoms with E-state index in [4.69, 9.17) is 16.3 Å². The molecule has 1 N–H and O–H groups in total. The van der Waals surface area contributed by atoms with Crippen LogP contribution in [0.25, 0.3) is 6.08 Å². The second-order valence-electron chi connectivity index (χ2n) is 5.14. The van der Waals surface area contributed by atoms with Crippen LogP contribution in [0.3, 0.4) is 0 Å². The molecule has 0 bridgehead atoms. The second-order valence-corrected chi connectivity index (χ2v) is 6.75. The van der Waals surface area contributed by atoms with Gasteiger partial charge in [0.25, 0.3) is 5.91 Å². The van der Waals surface area contributed by atoms with E-state index in [0.29, 0.717) is 22.9 Å². The third kappa shape index (κ3) is 7.72. The van der Waals surface area contributed by atoms with Crippen LogP contribution in [0, 0.1) is 5.82 Å². The highest BCUT2D eigenvalue weighted by molar-refractivity contribution is 7.99. The predicted octanol–water partition coefficient (Wildman–Crippen LogP) is 3.94. The average Bonchev–Trinajstić information content (AvgIpc) is 2.64. The van der Waals surface area contributed by atoms with Crippen molar-refractivity contribution in [2.75, 3.05) is 18.9 Å². The highest BCUT2D eigenvalue weighted by atomic mass is 35.5. The molecule has 4 nitrogen and oxygen atoms in total. The van der Waals surface area contributed by atoms with Crippen molar-refractivity contribution in [1.29, 1.82) is 0 Å². The van der Waals surface area contributed by atoms with Gasteiger partial charge in [-0.25, -0.2) is 9.18 Å². The van der Waals surface area contributed by atoms with E-state index in [9.17, 15) is 14.0 Å². The molecular weight excluding hydrogens is 377 g/mol. The number of rotatable bonds is 8. The average molecular weight is 394 g/mol. The van der Waals surface area contributed by atoms with Gasteiger partial charge in [-0.15, -0.1) is 11.8 Å². The van der Waals surface area contributed by atoms with Crippen molar-refractivity contribution >= 4 is 41.3 Å². The molecule has 0 heterocycles. The molecule has 0 atom stereocenters. The van der Waals surface area contributed by atoms with Crippen LogP contribution in [0.15, 0.2) is 59.5 Å². The van der Waals surface area contributed by atoms with E-state index in [2.05, 4.69) is 5.32 Å². The number of hydrogen-bond acceptors (Lipinski definition) is 4. The third-order valence-electron chi connectivity index (χ3n) is 3.13. The van der Waals surface area contributed by atoms with Gasteiger partial charge in [-0.1, -0.05) is 23.7 Å². The van der Waals surface area contributed by atoms with Crippen LogP contribution >= 0.6 is 23.4 Å². The fourth-order valence-electron chi connectivity index (χ4n) is 1.86. The quantitative estimate of drug-likeness (QED) is 0.319. The van der Waals surface area contributed by atoms with E-state index in [1.54, 1.807) is 23.9 Å². The van der Waals surface area contributed by atoms with Crippen molar-refractivity contribution in [3.63, 3.8) is 0 Å². The van der Waals surface area contributed by atoms with E-state index in [-0.39, 0.29) is 18.3 Å². The fraction of sp³-hybridized carbons (Fsp3) is 0.158. The molecule has 0 saturated carbocycles. The second kappa shape index (κ2) is 10.6. The first kappa shape index (κ1) is 20.0. The smallest absolute Gasteiger partial charge is 0.331 e. The normalized spacial score (nSPS) is 10.7. The van der Waals surface area contributed by atoms with Gasteiger partial charge < -0.3 is 10.1 Å². The summed E-state index contributed by atoms with van der Waals surface area (Å²) in [5.74, 6) is -0.674. The van der Waals surface area contributed by atoms with Crippen molar-refractivity contribution in [1.82, 2.24) is 5.32 Å². The van der Waals surface area contributed by atoms with Crippen LogP contribution in [0.4, 0.5) is 4.39 Å². The van der Waals surface area contributed by atoms with E-state index >= 15 is 0 Å². The summed E-state index contributed by atoms with van der Waals surface area (Å²) in [6, 6.07) is 13.1. The van der Waals surface area contributed by atoms with E-state index in [0.717, 1.165) is 4.90 Å². The molecule has 0 aliphatic heterocycles. The Labute approximate surface area is 160 Å². The summed E-state index contributed by atoms with van der Waals surface area (Å²) in [5, 5.41) is 3.35. The van der Waals surface area contributed by atoms with Crippen LogP contribution in [0.2, 0.25) is 5.02 Å². The Kier molecular flexibility index (Phi) is 8.18. The largest absolute Gasteiger partial charge is 0.452 e. The predicted molar refractivity (Wildman–Crippen MR) is 102 cm³/mol. The molecule has 0 aliphatic rings. The van der Waals surface area contributed by atoms with Gasteiger partial charge in [-0.2, -0.15) is 0 Å². The van der Waals surface area contributed by atoms with Crippen molar-refractivity contribution in [3.05, 3.63) is 71.0 Å². The Hall–Kier alpha value is -2.31. The number of benzene rings is 2. The van der Waals surface area contributed by atoms with Crippen LogP contribution in [0.1, 0.15) is 5.56 Å². The summed E-state index contributed by atoms with van der Waals surface area (Å²) in [7, 11) is 0. The minimum atomic E-state index is -0.639. The van der Waals surface area contributed by atoms with E-state index < -0.39 is 5.97 Å². The minimum Gasteiger partial charge on any atom is -0.452 e. The van der Waals surface area contributed by atoms with Crippen LogP contribution < -0.4 is 5.32 Å². The molecule has 0 saturated heterocycles. The van der Waals surface area contributed by atoms with Gasteiger partial charge in [0.2, 0.25) is 0 Å². The standard InChI is InChI=1S/C19H17ClFNO3S/c20-15-4-8-17(9-5-15)26-12-11-22-18(23)13-25-19(24)10-3-14-1-6-16(21)7-2-14/h1-10H,11-13H2,(H,22,23)/b10-3+. The maximum Gasteiger partial charge on any atom is 0.331 e. The van der Waals surface area contributed by atoms with Gasteiger partial charge in [0.15, 0.2) is 6.61 Å². The topological polar surface area (TPSA) is 55.4 Å². The van der Waals surface area contributed by atoms with Crippen molar-refractivity contribution in [2.24, 2.45) is 0 Å². The molecule has 0 aliphatic carbocycles. The number of hydrogen-bond donors (Lipinski definition) is 1. The zero-order valence-electron chi connectivity index (χ0n) is 13.8. The number of halogens is 2. The molecule has 2 rings (SSSR count). The summed E-state index contributed by atoms with van der Waals surface area (Å²) in [5.41, 5.74) is 0.659. The molecule has 0 fully saturated rings. The minimum absolute atomic E-state index is 0.349. The van der Waals surface area contributed by atoms with Crippen molar-refractivity contribution in [2.45, 2.75) is 4.90 Å². The highest BCUT2D eigenvalue weighted by Crippen LogP contribution is 2.19. The molecule has 0 radical (unpaired) electrons. The first-order valence-electron chi connectivity index (χ1n) is 7.78. The Morgan fingerprint density at radius 1 is 1.12 bits per heavy atom. The first-order valence-corrected chi connectivity index (χ1v) is 9.15. The monoisotopic (exact) mass is 393 g/mol. The summed E-state index contributed by atoms with van der Waals surface area (Å²) in [6.45, 7) is 0.104. The number of amides is 1. The van der Waals surface area contributed by atoms with Crippen LogP contribution in [0.5, 0.6) is 0 Å². The Balaban J connectivity index is 1.61. The molecule has 2 aromatic carbocycles. The molecule has 2 aromatic rings. The van der Waals surface area contributed by atoms with Gasteiger partial charge in [-0.3, -0.25) is 4.79 Å². The summed E-state index contributed by atoms with van der Waals surface area (Å²) in [6.07, 6.45) is 2.68. The zero-order valence-corrected chi connectivity index (χ0v) is 15.4. The van der Waals surface area contributed by atoms with Gasteiger partial charge in [0.05, 0.1) is 0 Å². The Bertz CT molecular complexity index is 763. The maximum atomic E-state index is 12.8. The van der Waals surface area contributed by atoms with E-state index in [1.807, 2.05) is 12.1 Å². The van der Waals surface area contributed by atoms with Gasteiger partial charge >= 0.3 is 5.97 Å². The number of thioether (sulfide) groups is 1. The third-order valence-corrected chi connectivity index (χ3v) is 4.40. The number of carbonyl (C=O) groups excluding carboxylic acids is 2. The number of esters is 1. The van der Waals surface area contributed by atoms with Crippen molar-refractivity contribution < 1.29 is 18.7 Å². The lowest BCUT2D eigenvalue weighted by molar-refractivity contribution is -0.143. The van der Waals surface area contributed by atoms with Crippen LogP contribution in [-0.4, -0.2) is 30.8 Å². The molecule has 0 unspecified atom stereocenters. The summed E-state index contributed by atoms with van der Waals surface area (Å²) < 4.78 is 17.6. The SMILES string of the molecule is O=C(COC(=O)/C=C/c1ccc(F)cc1)NCCSc1ccc(Cl)cc1. The lowest BCUT2D eigenvalue weighted by Gasteiger charge is -2.05. The Morgan fingerprint density at radius 2 is 1.81 bits per heavy atom. The van der Waals surface area contributed by atoms with Gasteiger partial charge in [-0.05, 0) is 48.0 Å². The maximum absolute atomic E-state index is 12.8. The van der Waals surface area contributed by atoms with Gasteiger partial charge in [0, 0.05) is 28.3 Å². The molecule has 136 valence electrons. The number of ether oxygens (including phenoxy) is 1. The van der Waals surface area contributed by atoms with E-state index in [1.165, 1.54) is 36.4 Å². The molecule has 26 heavy (non-hydrogen) atoms. The highest BCUT2D eigenvalue weighted by Gasteiger charge is 2.04. The number of carbonyl (C=O) groups is 2. The lowest BCUT2D eigenvalue weighted by Crippen LogP contribution is -2.30. The molecule has 1 amide bonds. The number of nitrogens with one attached hydrogen (secondary N) is 1. The fourth-order valence-corrected chi connectivity index (χ4v) is 2.76. The first-order chi connectivity index (χ1) is 12.5.